The molecule has 1 heterocycles. The average Bonchev–Trinajstić information content (AvgIpc) is 2.66. The van der Waals surface area contributed by atoms with E-state index in [0.29, 0.717) is 21.3 Å². The van der Waals surface area contributed by atoms with E-state index in [2.05, 4.69) is 21.2 Å². The highest BCUT2D eigenvalue weighted by Crippen LogP contribution is 2.39. The van der Waals surface area contributed by atoms with Crippen LogP contribution in [0.1, 0.15) is 11.1 Å². The second kappa shape index (κ2) is 4.68. The Bertz CT molecular complexity index is 704. The lowest BCUT2D eigenvalue weighted by Gasteiger charge is -2.21. The zero-order valence-electron chi connectivity index (χ0n) is 10.4. The number of hydrogen-bond donors (Lipinski definition) is 2. The lowest BCUT2D eigenvalue weighted by molar-refractivity contribution is -0.133. The van der Waals surface area contributed by atoms with Gasteiger partial charge in [0, 0.05) is 22.1 Å². The third kappa shape index (κ3) is 2.03. The van der Waals surface area contributed by atoms with E-state index in [1.165, 1.54) is 12.1 Å². The van der Waals surface area contributed by atoms with Gasteiger partial charge in [-0.3, -0.25) is 4.79 Å². The number of hydrogen-bond acceptors (Lipinski definition) is 2. The summed E-state index contributed by atoms with van der Waals surface area (Å²) >= 11 is 3.26. The van der Waals surface area contributed by atoms with Crippen molar-refractivity contribution in [2.45, 2.75) is 12.0 Å². The Morgan fingerprint density at radius 2 is 2.00 bits per heavy atom. The summed E-state index contributed by atoms with van der Waals surface area (Å²) in [6.45, 7) is 0. The lowest BCUT2D eigenvalue weighted by atomic mass is 9.88. The van der Waals surface area contributed by atoms with Gasteiger partial charge >= 0.3 is 0 Å². The van der Waals surface area contributed by atoms with E-state index in [-0.39, 0.29) is 12.2 Å². The van der Waals surface area contributed by atoms with E-state index in [1.54, 1.807) is 30.3 Å². The molecule has 2 aromatic rings. The van der Waals surface area contributed by atoms with Crippen molar-refractivity contribution in [1.29, 1.82) is 0 Å². The minimum atomic E-state index is -1.63. The van der Waals surface area contributed by atoms with Crippen LogP contribution < -0.4 is 5.32 Å². The molecule has 2 N–H and O–H groups in total. The highest BCUT2D eigenvalue weighted by Gasteiger charge is 2.45. The number of rotatable bonds is 2. The molecule has 0 fully saturated rings. The highest BCUT2D eigenvalue weighted by atomic mass is 79.9. The molecule has 3 rings (SSSR count). The van der Waals surface area contributed by atoms with Crippen LogP contribution in [0.25, 0.3) is 0 Å². The molecule has 20 heavy (non-hydrogen) atoms. The molecule has 5 heteroatoms. The number of para-hydroxylation sites is 1. The maximum Gasteiger partial charge on any atom is 0.261 e. The SMILES string of the molecule is O=C1Nc2ccccc2C1(O)Cc1ccc(F)cc1Br. The van der Waals surface area contributed by atoms with Crippen LogP contribution in [0.4, 0.5) is 10.1 Å². The quantitative estimate of drug-likeness (QED) is 0.886. The van der Waals surface area contributed by atoms with Crippen LogP contribution in [0.5, 0.6) is 0 Å². The Kier molecular flexibility index (Phi) is 3.11. The summed E-state index contributed by atoms with van der Waals surface area (Å²) in [7, 11) is 0. The van der Waals surface area contributed by atoms with Gasteiger partial charge in [-0.1, -0.05) is 40.2 Å². The molecule has 0 bridgehead atoms. The highest BCUT2D eigenvalue weighted by molar-refractivity contribution is 9.10. The van der Waals surface area contributed by atoms with Crippen molar-refractivity contribution >= 4 is 27.5 Å². The molecule has 1 amide bonds. The Morgan fingerprint density at radius 1 is 1.25 bits per heavy atom. The summed E-state index contributed by atoms with van der Waals surface area (Å²) in [4.78, 5) is 12.1. The van der Waals surface area contributed by atoms with Crippen molar-refractivity contribution in [2.75, 3.05) is 5.32 Å². The van der Waals surface area contributed by atoms with Gasteiger partial charge in [0.05, 0.1) is 0 Å². The number of benzene rings is 2. The van der Waals surface area contributed by atoms with E-state index >= 15 is 0 Å². The summed E-state index contributed by atoms with van der Waals surface area (Å²) in [6, 6.07) is 11.2. The van der Waals surface area contributed by atoms with Gasteiger partial charge in [-0.25, -0.2) is 4.39 Å². The summed E-state index contributed by atoms with van der Waals surface area (Å²) in [6.07, 6.45) is 0.0801. The van der Waals surface area contributed by atoms with Gasteiger partial charge in [0.15, 0.2) is 5.60 Å². The summed E-state index contributed by atoms with van der Waals surface area (Å²) in [5.74, 6) is -0.834. The number of fused-ring (bicyclic) bond motifs is 1. The fraction of sp³-hybridized carbons (Fsp3) is 0.133. The van der Waals surface area contributed by atoms with Gasteiger partial charge in [0.1, 0.15) is 5.82 Å². The monoisotopic (exact) mass is 335 g/mol. The largest absolute Gasteiger partial charge is 0.375 e. The van der Waals surface area contributed by atoms with Crippen molar-refractivity contribution in [3.8, 4) is 0 Å². The zero-order chi connectivity index (χ0) is 14.3. The average molecular weight is 336 g/mol. The first-order chi connectivity index (χ1) is 9.50. The number of nitrogens with one attached hydrogen (secondary N) is 1. The van der Waals surface area contributed by atoms with Gasteiger partial charge < -0.3 is 10.4 Å². The van der Waals surface area contributed by atoms with E-state index in [0.717, 1.165) is 0 Å². The molecule has 0 saturated carbocycles. The molecule has 2 aromatic carbocycles. The number of halogens is 2. The minimum Gasteiger partial charge on any atom is -0.375 e. The fourth-order valence-electron chi connectivity index (χ4n) is 2.42. The van der Waals surface area contributed by atoms with Crippen LogP contribution in [0.3, 0.4) is 0 Å². The molecule has 0 saturated heterocycles. The Morgan fingerprint density at radius 3 is 2.75 bits per heavy atom. The Balaban J connectivity index is 2.03. The minimum absolute atomic E-state index is 0.0801. The molecule has 0 radical (unpaired) electrons. The predicted octanol–water partition coefficient (Wildman–Crippen LogP) is 2.97. The van der Waals surface area contributed by atoms with Crippen LogP contribution in [0.15, 0.2) is 46.9 Å². The number of carbonyl (C=O) groups is 1. The van der Waals surface area contributed by atoms with Crippen LogP contribution in [0.2, 0.25) is 0 Å². The first kappa shape index (κ1) is 13.3. The maximum absolute atomic E-state index is 13.1. The van der Waals surface area contributed by atoms with Gasteiger partial charge in [0.2, 0.25) is 0 Å². The van der Waals surface area contributed by atoms with Crippen molar-refractivity contribution in [3.63, 3.8) is 0 Å². The standard InChI is InChI=1S/C15H11BrFNO2/c16-12-7-10(17)6-5-9(12)8-15(20)11-3-1-2-4-13(11)18-14(15)19/h1-7,20H,8H2,(H,18,19). The van der Waals surface area contributed by atoms with E-state index in [1.807, 2.05) is 0 Å². The Labute approximate surface area is 123 Å². The first-order valence-electron chi connectivity index (χ1n) is 6.08. The molecule has 1 atom stereocenters. The molecule has 1 unspecified atom stereocenters. The molecule has 102 valence electrons. The number of amides is 1. The zero-order valence-corrected chi connectivity index (χ0v) is 11.9. The van der Waals surface area contributed by atoms with Crippen molar-refractivity contribution < 1.29 is 14.3 Å². The molecular weight excluding hydrogens is 325 g/mol. The lowest BCUT2D eigenvalue weighted by Crippen LogP contribution is -2.36. The van der Waals surface area contributed by atoms with E-state index in [9.17, 15) is 14.3 Å². The molecule has 3 nitrogen and oxygen atoms in total. The molecular formula is C15H11BrFNO2. The topological polar surface area (TPSA) is 49.3 Å². The van der Waals surface area contributed by atoms with Gasteiger partial charge in [-0.2, -0.15) is 0 Å². The number of carbonyl (C=O) groups excluding carboxylic acids is 1. The molecule has 1 aliphatic rings. The smallest absolute Gasteiger partial charge is 0.261 e. The van der Waals surface area contributed by atoms with Crippen molar-refractivity contribution in [3.05, 3.63) is 63.9 Å². The number of anilines is 1. The maximum atomic E-state index is 13.1. The summed E-state index contributed by atoms with van der Waals surface area (Å²) in [5.41, 5.74) is 0.192. The number of aliphatic hydroxyl groups is 1. The third-order valence-electron chi connectivity index (χ3n) is 3.46. The molecule has 0 spiro atoms. The molecule has 0 aliphatic carbocycles. The van der Waals surface area contributed by atoms with Crippen molar-refractivity contribution in [2.24, 2.45) is 0 Å². The second-order valence-corrected chi connectivity index (χ2v) is 5.63. The van der Waals surface area contributed by atoms with E-state index < -0.39 is 11.5 Å². The fourth-order valence-corrected chi connectivity index (χ4v) is 2.91. The van der Waals surface area contributed by atoms with Gasteiger partial charge in [0.25, 0.3) is 5.91 Å². The van der Waals surface area contributed by atoms with Crippen LogP contribution in [0, 0.1) is 5.82 Å². The van der Waals surface area contributed by atoms with Gasteiger partial charge in [-0.15, -0.1) is 0 Å². The van der Waals surface area contributed by atoms with Crippen LogP contribution in [-0.2, 0) is 16.8 Å². The van der Waals surface area contributed by atoms with E-state index in [4.69, 9.17) is 0 Å². The molecule has 0 aromatic heterocycles. The first-order valence-corrected chi connectivity index (χ1v) is 6.87. The molecule has 1 aliphatic heterocycles. The second-order valence-electron chi connectivity index (χ2n) is 4.77. The van der Waals surface area contributed by atoms with Crippen LogP contribution in [-0.4, -0.2) is 11.0 Å². The van der Waals surface area contributed by atoms with Crippen LogP contribution >= 0.6 is 15.9 Å². The predicted molar refractivity (Wildman–Crippen MR) is 76.8 cm³/mol. The summed E-state index contributed by atoms with van der Waals surface area (Å²) < 4.78 is 13.6. The van der Waals surface area contributed by atoms with Crippen molar-refractivity contribution in [1.82, 2.24) is 0 Å². The summed E-state index contributed by atoms with van der Waals surface area (Å²) in [5, 5.41) is 13.4. The Hall–Kier alpha value is -1.72. The normalized spacial score (nSPS) is 20.6. The third-order valence-corrected chi connectivity index (χ3v) is 4.20. The van der Waals surface area contributed by atoms with Gasteiger partial charge in [-0.05, 0) is 23.8 Å².